The first kappa shape index (κ1) is 19.6. The second-order valence-corrected chi connectivity index (χ2v) is 7.48. The molecule has 11 heteroatoms. The third-order valence-electron chi connectivity index (χ3n) is 3.51. The van der Waals surface area contributed by atoms with E-state index in [9.17, 15) is 23.3 Å². The number of carbonyl (C=O) groups is 1. The van der Waals surface area contributed by atoms with Gasteiger partial charge in [0.25, 0.3) is 21.6 Å². The summed E-state index contributed by atoms with van der Waals surface area (Å²) in [5.41, 5.74) is 1.94. The summed E-state index contributed by atoms with van der Waals surface area (Å²) >= 11 is 5.96. The van der Waals surface area contributed by atoms with Crippen molar-refractivity contribution in [2.75, 3.05) is 10.8 Å². The van der Waals surface area contributed by atoms with Crippen molar-refractivity contribution in [3.63, 3.8) is 0 Å². The van der Waals surface area contributed by atoms with Crippen molar-refractivity contribution in [2.45, 2.75) is 11.8 Å². The van der Waals surface area contributed by atoms with Crippen LogP contribution in [0.1, 0.15) is 5.56 Å². The van der Waals surface area contributed by atoms with Crippen LogP contribution >= 0.6 is 11.6 Å². The highest BCUT2D eigenvalue weighted by atomic mass is 35.5. The highest BCUT2D eigenvalue weighted by molar-refractivity contribution is 7.93. The molecule has 0 aliphatic carbocycles. The van der Waals surface area contributed by atoms with Gasteiger partial charge in [-0.05, 0) is 36.8 Å². The number of nitro benzene ring substituents is 1. The van der Waals surface area contributed by atoms with Crippen LogP contribution in [0.5, 0.6) is 0 Å². The molecule has 0 aliphatic heterocycles. The predicted molar refractivity (Wildman–Crippen MR) is 96.1 cm³/mol. The summed E-state index contributed by atoms with van der Waals surface area (Å²) in [4.78, 5) is 21.6. The topological polar surface area (TPSA) is 136 Å². The van der Waals surface area contributed by atoms with Gasteiger partial charge in [-0.3, -0.25) is 24.6 Å². The first-order valence-corrected chi connectivity index (χ1v) is 9.02. The Hall–Kier alpha value is -2.69. The van der Waals surface area contributed by atoms with Crippen LogP contribution in [0.15, 0.2) is 47.4 Å². The molecule has 138 valence electrons. The largest absolute Gasteiger partial charge is 0.293 e. The van der Waals surface area contributed by atoms with E-state index in [1.165, 1.54) is 30.3 Å². The van der Waals surface area contributed by atoms with Crippen LogP contribution in [0, 0.1) is 17.0 Å². The van der Waals surface area contributed by atoms with Gasteiger partial charge in [-0.2, -0.15) is 0 Å². The van der Waals surface area contributed by atoms with Gasteiger partial charge in [-0.15, -0.1) is 0 Å². The summed E-state index contributed by atoms with van der Waals surface area (Å²) < 4.78 is 26.9. The third-order valence-corrected chi connectivity index (χ3v) is 5.75. The molecule has 1 amide bonds. The molecule has 0 radical (unpaired) electrons. The lowest BCUT2D eigenvalue weighted by Gasteiger charge is -2.24. The molecular weight excluding hydrogens is 384 g/mol. The molecule has 3 N–H and O–H groups in total. The number of nitrogens with two attached hydrogens (primary N) is 1. The number of hydrazine groups is 1. The van der Waals surface area contributed by atoms with E-state index in [-0.39, 0.29) is 5.69 Å². The maximum atomic E-state index is 13.1. The van der Waals surface area contributed by atoms with E-state index in [2.05, 4.69) is 0 Å². The van der Waals surface area contributed by atoms with Gasteiger partial charge in [-0.25, -0.2) is 14.3 Å². The molecule has 0 aromatic heterocycles. The number of para-hydroxylation sites is 1. The van der Waals surface area contributed by atoms with E-state index in [4.69, 9.17) is 17.4 Å². The monoisotopic (exact) mass is 398 g/mol. The fraction of sp³-hybridized carbons (Fsp3) is 0.133. The Morgan fingerprint density at radius 1 is 1.31 bits per heavy atom. The molecule has 2 rings (SSSR count). The lowest BCUT2D eigenvalue weighted by Crippen LogP contribution is -2.43. The highest BCUT2D eigenvalue weighted by Crippen LogP contribution is 2.31. The first-order chi connectivity index (χ1) is 12.2. The Morgan fingerprint density at radius 2 is 1.96 bits per heavy atom. The molecule has 2 aromatic rings. The number of nitrogens with one attached hydrogen (secondary N) is 1. The molecule has 0 saturated carbocycles. The Labute approximate surface area is 154 Å². The number of halogens is 1. The molecule has 0 unspecified atom stereocenters. The molecule has 0 atom stereocenters. The zero-order valence-electron chi connectivity index (χ0n) is 13.5. The average Bonchev–Trinajstić information content (AvgIpc) is 2.61. The van der Waals surface area contributed by atoms with Crippen LogP contribution < -0.4 is 15.6 Å². The first-order valence-electron chi connectivity index (χ1n) is 7.20. The summed E-state index contributed by atoms with van der Waals surface area (Å²) in [6.07, 6.45) is 0. The zero-order chi connectivity index (χ0) is 19.5. The van der Waals surface area contributed by atoms with Crippen LogP contribution in [0.2, 0.25) is 5.02 Å². The number of aryl methyl sites for hydroxylation is 1. The number of nitrogens with zero attached hydrogens (tertiary/aromatic N) is 2. The maximum absolute atomic E-state index is 13.1. The normalized spacial score (nSPS) is 11.0. The smallest absolute Gasteiger partial charge is 0.289 e. The minimum Gasteiger partial charge on any atom is -0.293 e. The quantitative estimate of drug-likeness (QED) is 0.329. The molecule has 0 fully saturated rings. The Morgan fingerprint density at radius 3 is 2.54 bits per heavy atom. The minimum absolute atomic E-state index is 0.119. The van der Waals surface area contributed by atoms with Crippen molar-refractivity contribution in [1.82, 2.24) is 5.43 Å². The number of benzene rings is 2. The van der Waals surface area contributed by atoms with Crippen LogP contribution in [0.3, 0.4) is 0 Å². The van der Waals surface area contributed by atoms with Gasteiger partial charge < -0.3 is 0 Å². The van der Waals surface area contributed by atoms with Gasteiger partial charge in [0, 0.05) is 11.1 Å². The van der Waals surface area contributed by atoms with Gasteiger partial charge in [0.2, 0.25) is 0 Å². The summed E-state index contributed by atoms with van der Waals surface area (Å²) in [7, 11) is -4.43. The molecule has 26 heavy (non-hydrogen) atoms. The molecular formula is C15H15ClN4O5S. The predicted octanol–water partition coefficient (Wildman–Crippen LogP) is 1.74. The molecule has 9 nitrogen and oxygen atoms in total. The number of carbonyl (C=O) groups excluding carboxylic acids is 1. The van der Waals surface area contributed by atoms with E-state index in [1.54, 1.807) is 6.92 Å². The number of hydrogen-bond acceptors (Lipinski definition) is 6. The van der Waals surface area contributed by atoms with E-state index in [0.717, 1.165) is 16.4 Å². The fourth-order valence-electron chi connectivity index (χ4n) is 2.22. The summed E-state index contributed by atoms with van der Waals surface area (Å²) in [6.45, 7) is 0.997. The Bertz CT molecular complexity index is 964. The maximum Gasteiger partial charge on any atom is 0.289 e. The molecule has 2 aromatic carbocycles. The molecule has 0 aliphatic rings. The molecule has 0 spiro atoms. The van der Waals surface area contributed by atoms with Crippen molar-refractivity contribution >= 4 is 38.9 Å². The number of amides is 1. The standard InChI is InChI=1S/C15H15ClN4O5S/c1-10-8-11(6-7-12(10)16)19(9-15(21)18-17)26(24,25)14-5-3-2-4-13(14)20(22)23/h2-8H,9,17H2,1H3,(H,18,21). The second kappa shape index (κ2) is 7.68. The Balaban J connectivity index is 2.66. The van der Waals surface area contributed by atoms with Gasteiger partial charge in [0.1, 0.15) is 6.54 Å². The van der Waals surface area contributed by atoms with Crippen LogP contribution in [-0.2, 0) is 14.8 Å². The number of nitro groups is 1. The lowest BCUT2D eigenvalue weighted by atomic mass is 10.2. The van der Waals surface area contributed by atoms with Gasteiger partial charge >= 0.3 is 0 Å². The second-order valence-electron chi connectivity index (χ2n) is 5.24. The number of hydrogen-bond donors (Lipinski definition) is 2. The van der Waals surface area contributed by atoms with Crippen molar-refractivity contribution in [1.29, 1.82) is 0 Å². The number of rotatable bonds is 6. The van der Waals surface area contributed by atoms with Crippen LogP contribution in [-0.4, -0.2) is 25.8 Å². The minimum atomic E-state index is -4.43. The van der Waals surface area contributed by atoms with E-state index in [1.807, 2.05) is 5.43 Å². The van der Waals surface area contributed by atoms with Crippen LogP contribution in [0.4, 0.5) is 11.4 Å². The summed E-state index contributed by atoms with van der Waals surface area (Å²) in [5.74, 6) is 4.27. The average molecular weight is 399 g/mol. The number of anilines is 1. The van der Waals surface area contributed by atoms with Crippen molar-refractivity contribution in [3.05, 3.63) is 63.2 Å². The van der Waals surface area contributed by atoms with E-state index in [0.29, 0.717) is 10.6 Å². The number of sulfonamides is 1. The Kier molecular flexibility index (Phi) is 5.80. The van der Waals surface area contributed by atoms with Crippen molar-refractivity contribution in [2.24, 2.45) is 5.84 Å². The van der Waals surface area contributed by atoms with Crippen molar-refractivity contribution < 1.29 is 18.1 Å². The lowest BCUT2D eigenvalue weighted by molar-refractivity contribution is -0.387. The summed E-state index contributed by atoms with van der Waals surface area (Å²) in [5, 5.41) is 11.6. The van der Waals surface area contributed by atoms with E-state index < -0.39 is 38.0 Å². The van der Waals surface area contributed by atoms with Gasteiger partial charge in [0.15, 0.2) is 4.90 Å². The van der Waals surface area contributed by atoms with Crippen LogP contribution in [0.25, 0.3) is 0 Å². The third kappa shape index (κ3) is 3.93. The van der Waals surface area contributed by atoms with Gasteiger partial charge in [-0.1, -0.05) is 23.7 Å². The molecule has 0 saturated heterocycles. The van der Waals surface area contributed by atoms with E-state index >= 15 is 0 Å². The molecule has 0 heterocycles. The zero-order valence-corrected chi connectivity index (χ0v) is 15.1. The SMILES string of the molecule is Cc1cc(N(CC(=O)NN)S(=O)(=O)c2ccccc2[N+](=O)[O-])ccc1Cl. The highest BCUT2D eigenvalue weighted by Gasteiger charge is 2.33. The molecule has 0 bridgehead atoms. The van der Waals surface area contributed by atoms with Crippen molar-refractivity contribution in [3.8, 4) is 0 Å². The van der Waals surface area contributed by atoms with Gasteiger partial charge in [0.05, 0.1) is 10.6 Å². The summed E-state index contributed by atoms with van der Waals surface area (Å²) in [6, 6.07) is 9.19. The fourth-order valence-corrected chi connectivity index (χ4v) is 3.91.